The number of carbonyl (C=O) groups is 2. The number of nitrogens with zero attached hydrogens (tertiary/aromatic N) is 1. The van der Waals surface area contributed by atoms with Crippen LogP contribution in [0, 0.1) is 11.3 Å². The number of carbonyl (C=O) groups excluding carboxylic acids is 2. The molecular formula is C17H13ClN2O3. The van der Waals surface area contributed by atoms with E-state index in [0.717, 1.165) is 0 Å². The topological polar surface area (TPSA) is 79.2 Å². The quantitative estimate of drug-likeness (QED) is 0.676. The molecule has 0 aliphatic carbocycles. The van der Waals surface area contributed by atoms with E-state index in [-0.39, 0.29) is 18.9 Å². The summed E-state index contributed by atoms with van der Waals surface area (Å²) in [6.07, 6.45) is 0.0240. The molecule has 0 bridgehead atoms. The van der Waals surface area contributed by atoms with Crippen molar-refractivity contribution in [2.45, 2.75) is 6.42 Å². The van der Waals surface area contributed by atoms with Crippen LogP contribution in [0.4, 0.5) is 0 Å². The predicted molar refractivity (Wildman–Crippen MR) is 85.2 cm³/mol. The lowest BCUT2D eigenvalue weighted by Crippen LogP contribution is -2.27. The van der Waals surface area contributed by atoms with Gasteiger partial charge in [0.15, 0.2) is 0 Å². The monoisotopic (exact) mass is 328 g/mol. The van der Waals surface area contributed by atoms with E-state index < -0.39 is 5.97 Å². The van der Waals surface area contributed by atoms with Crippen molar-refractivity contribution in [1.82, 2.24) is 5.32 Å². The van der Waals surface area contributed by atoms with Gasteiger partial charge in [-0.15, -0.1) is 0 Å². The van der Waals surface area contributed by atoms with Gasteiger partial charge in [0.25, 0.3) is 5.91 Å². The van der Waals surface area contributed by atoms with Crippen LogP contribution < -0.4 is 10.1 Å². The maximum absolute atomic E-state index is 11.9. The molecule has 5 nitrogen and oxygen atoms in total. The molecule has 0 spiro atoms. The molecule has 0 aromatic heterocycles. The molecule has 0 radical (unpaired) electrons. The number of nitriles is 1. The Labute approximate surface area is 138 Å². The van der Waals surface area contributed by atoms with Gasteiger partial charge < -0.3 is 10.1 Å². The highest BCUT2D eigenvalue weighted by atomic mass is 35.5. The van der Waals surface area contributed by atoms with Crippen molar-refractivity contribution in [3.63, 3.8) is 0 Å². The predicted octanol–water partition coefficient (Wildman–Crippen LogP) is 2.94. The highest BCUT2D eigenvalue weighted by molar-refractivity contribution is 6.33. The van der Waals surface area contributed by atoms with Crippen molar-refractivity contribution in [3.05, 3.63) is 64.7 Å². The van der Waals surface area contributed by atoms with Crippen LogP contribution in [-0.4, -0.2) is 18.4 Å². The Balaban J connectivity index is 1.79. The van der Waals surface area contributed by atoms with Crippen molar-refractivity contribution in [1.29, 1.82) is 5.26 Å². The van der Waals surface area contributed by atoms with Gasteiger partial charge in [-0.05, 0) is 36.4 Å². The zero-order valence-corrected chi connectivity index (χ0v) is 12.8. The smallest absolute Gasteiger partial charge is 0.312 e. The molecule has 116 valence electrons. The molecule has 0 saturated heterocycles. The number of halogens is 1. The van der Waals surface area contributed by atoms with Gasteiger partial charge in [-0.3, -0.25) is 9.59 Å². The third-order valence-electron chi connectivity index (χ3n) is 2.95. The first-order valence-corrected chi connectivity index (χ1v) is 7.21. The largest absolute Gasteiger partial charge is 0.426 e. The Bertz CT molecular complexity index is 751. The molecular weight excluding hydrogens is 316 g/mol. The van der Waals surface area contributed by atoms with Gasteiger partial charge in [-0.25, -0.2) is 0 Å². The van der Waals surface area contributed by atoms with Crippen LogP contribution in [-0.2, 0) is 4.79 Å². The van der Waals surface area contributed by atoms with Crippen molar-refractivity contribution in [3.8, 4) is 11.8 Å². The SMILES string of the molecule is N#Cc1ccc(OC(=O)CCNC(=O)c2ccccc2Cl)cc1. The molecule has 0 atom stereocenters. The highest BCUT2D eigenvalue weighted by Gasteiger charge is 2.10. The Morgan fingerprint density at radius 3 is 2.48 bits per heavy atom. The average Bonchev–Trinajstić information content (AvgIpc) is 2.56. The number of esters is 1. The fraction of sp³-hybridized carbons (Fsp3) is 0.118. The second-order valence-electron chi connectivity index (χ2n) is 4.60. The summed E-state index contributed by atoms with van der Waals surface area (Å²) in [5, 5.41) is 11.6. The molecule has 0 heterocycles. The summed E-state index contributed by atoms with van der Waals surface area (Å²) in [6, 6.07) is 14.8. The Morgan fingerprint density at radius 2 is 1.83 bits per heavy atom. The van der Waals surface area contributed by atoms with E-state index in [1.165, 1.54) is 0 Å². The Morgan fingerprint density at radius 1 is 1.13 bits per heavy atom. The first-order chi connectivity index (χ1) is 11.1. The molecule has 0 unspecified atom stereocenters. The summed E-state index contributed by atoms with van der Waals surface area (Å²) in [7, 11) is 0. The van der Waals surface area contributed by atoms with Gasteiger partial charge in [-0.2, -0.15) is 5.26 Å². The normalized spacial score (nSPS) is 9.74. The molecule has 0 fully saturated rings. The van der Waals surface area contributed by atoms with Crippen LogP contribution in [0.5, 0.6) is 5.75 Å². The molecule has 2 rings (SSSR count). The van der Waals surface area contributed by atoms with Gasteiger partial charge in [0.1, 0.15) is 5.75 Å². The second-order valence-corrected chi connectivity index (χ2v) is 5.00. The van der Waals surface area contributed by atoms with Crippen LogP contribution in [0.3, 0.4) is 0 Å². The van der Waals surface area contributed by atoms with Crippen LogP contribution in [0.2, 0.25) is 5.02 Å². The maximum atomic E-state index is 11.9. The number of ether oxygens (including phenoxy) is 1. The average molecular weight is 329 g/mol. The summed E-state index contributed by atoms with van der Waals surface area (Å²) in [5.74, 6) is -0.470. The lowest BCUT2D eigenvalue weighted by Gasteiger charge is -2.07. The number of benzene rings is 2. The standard InChI is InChI=1S/C17H13ClN2O3/c18-15-4-2-1-3-14(15)17(22)20-10-9-16(21)23-13-7-5-12(11-19)6-8-13/h1-8H,9-10H2,(H,20,22). The number of nitrogens with one attached hydrogen (secondary N) is 1. The zero-order chi connectivity index (χ0) is 16.7. The van der Waals surface area contributed by atoms with Crippen molar-refractivity contribution in [2.75, 3.05) is 6.54 Å². The molecule has 1 N–H and O–H groups in total. The minimum atomic E-state index is -0.478. The lowest BCUT2D eigenvalue weighted by molar-refractivity contribution is -0.134. The van der Waals surface area contributed by atoms with E-state index in [1.807, 2.05) is 6.07 Å². The summed E-state index contributed by atoms with van der Waals surface area (Å²) < 4.78 is 5.10. The van der Waals surface area contributed by atoms with Crippen LogP contribution in [0.15, 0.2) is 48.5 Å². The first-order valence-electron chi connectivity index (χ1n) is 6.83. The summed E-state index contributed by atoms with van der Waals surface area (Å²) in [5.41, 5.74) is 0.839. The van der Waals surface area contributed by atoms with Crippen molar-refractivity contribution < 1.29 is 14.3 Å². The van der Waals surface area contributed by atoms with E-state index >= 15 is 0 Å². The minimum absolute atomic E-state index is 0.0240. The van der Waals surface area contributed by atoms with Crippen molar-refractivity contribution in [2.24, 2.45) is 0 Å². The van der Waals surface area contributed by atoms with E-state index in [9.17, 15) is 9.59 Å². The minimum Gasteiger partial charge on any atom is -0.426 e. The van der Waals surface area contributed by atoms with Crippen LogP contribution >= 0.6 is 11.6 Å². The molecule has 6 heteroatoms. The number of hydrogen-bond acceptors (Lipinski definition) is 4. The fourth-order valence-electron chi connectivity index (χ4n) is 1.80. The molecule has 0 saturated carbocycles. The van der Waals surface area contributed by atoms with E-state index in [2.05, 4.69) is 5.32 Å². The summed E-state index contributed by atoms with van der Waals surface area (Å²) >= 11 is 5.92. The third kappa shape index (κ3) is 4.83. The lowest BCUT2D eigenvalue weighted by atomic mass is 10.2. The first kappa shape index (κ1) is 16.5. The van der Waals surface area contributed by atoms with E-state index in [4.69, 9.17) is 21.6 Å². The maximum Gasteiger partial charge on any atom is 0.312 e. The molecule has 1 amide bonds. The highest BCUT2D eigenvalue weighted by Crippen LogP contribution is 2.14. The van der Waals surface area contributed by atoms with Crippen LogP contribution in [0.25, 0.3) is 0 Å². The Kier molecular flexibility index (Phi) is 5.73. The number of amides is 1. The van der Waals surface area contributed by atoms with Gasteiger partial charge in [0.05, 0.1) is 28.6 Å². The number of hydrogen-bond donors (Lipinski definition) is 1. The summed E-state index contributed by atoms with van der Waals surface area (Å²) in [6.45, 7) is 0.138. The van der Waals surface area contributed by atoms with Gasteiger partial charge in [0.2, 0.25) is 0 Å². The summed E-state index contributed by atoms with van der Waals surface area (Å²) in [4.78, 5) is 23.6. The van der Waals surface area contributed by atoms with Gasteiger partial charge in [-0.1, -0.05) is 23.7 Å². The molecule has 0 aliphatic heterocycles. The molecule has 0 aliphatic rings. The second kappa shape index (κ2) is 7.97. The fourth-order valence-corrected chi connectivity index (χ4v) is 2.02. The van der Waals surface area contributed by atoms with E-state index in [0.29, 0.717) is 21.9 Å². The van der Waals surface area contributed by atoms with Crippen LogP contribution in [0.1, 0.15) is 22.3 Å². The molecule has 2 aromatic rings. The van der Waals surface area contributed by atoms with Gasteiger partial charge >= 0.3 is 5.97 Å². The Hall–Kier alpha value is -2.84. The van der Waals surface area contributed by atoms with Gasteiger partial charge in [0, 0.05) is 6.54 Å². The van der Waals surface area contributed by atoms with E-state index in [1.54, 1.807) is 48.5 Å². The zero-order valence-electron chi connectivity index (χ0n) is 12.1. The molecule has 2 aromatic carbocycles. The number of rotatable bonds is 5. The molecule has 23 heavy (non-hydrogen) atoms. The van der Waals surface area contributed by atoms with Crippen molar-refractivity contribution >= 4 is 23.5 Å². The third-order valence-corrected chi connectivity index (χ3v) is 3.28.